The molecule has 0 bridgehead atoms. The van der Waals surface area contributed by atoms with E-state index in [0.29, 0.717) is 30.2 Å². The van der Waals surface area contributed by atoms with Gasteiger partial charge in [0, 0.05) is 43.7 Å². The third kappa shape index (κ3) is 5.29. The van der Waals surface area contributed by atoms with Crippen molar-refractivity contribution in [2.75, 3.05) is 34.4 Å². The van der Waals surface area contributed by atoms with Gasteiger partial charge in [0.25, 0.3) is 5.91 Å². The highest BCUT2D eigenvalue weighted by molar-refractivity contribution is 5.95. The maximum absolute atomic E-state index is 13.7. The van der Waals surface area contributed by atoms with Gasteiger partial charge in [0.15, 0.2) is 0 Å². The number of amides is 2. The zero-order valence-corrected chi connectivity index (χ0v) is 20.1. The maximum Gasteiger partial charge on any atom is 0.253 e. The summed E-state index contributed by atoms with van der Waals surface area (Å²) in [6.07, 6.45) is 0. The van der Waals surface area contributed by atoms with Gasteiger partial charge in [-0.2, -0.15) is 0 Å². The van der Waals surface area contributed by atoms with Crippen LogP contribution in [-0.4, -0.2) is 56.0 Å². The predicted molar refractivity (Wildman–Crippen MR) is 131 cm³/mol. The molecule has 1 aliphatic rings. The first-order chi connectivity index (χ1) is 16.9. The highest BCUT2D eigenvalue weighted by Gasteiger charge is 2.43. The Hall–Kier alpha value is -3.87. The molecule has 2 amide bonds. The lowest BCUT2D eigenvalue weighted by molar-refractivity contribution is -0.134. The minimum Gasteiger partial charge on any atom is -0.497 e. The molecular weight excluding hydrogens is 447 g/mol. The lowest BCUT2D eigenvalue weighted by atomic mass is 9.87. The minimum atomic E-state index is -0.478. The van der Waals surface area contributed by atoms with Crippen molar-refractivity contribution in [3.8, 4) is 11.5 Å². The van der Waals surface area contributed by atoms with Crippen molar-refractivity contribution < 1.29 is 23.5 Å². The Morgan fingerprint density at radius 3 is 2.34 bits per heavy atom. The number of hydrogen-bond donors (Lipinski definition) is 0. The molecule has 0 aliphatic carbocycles. The van der Waals surface area contributed by atoms with Gasteiger partial charge in [-0.1, -0.05) is 30.3 Å². The van der Waals surface area contributed by atoms with E-state index < -0.39 is 11.7 Å². The molecule has 2 unspecified atom stereocenters. The Kier molecular flexibility index (Phi) is 7.34. The van der Waals surface area contributed by atoms with Crippen LogP contribution in [0.3, 0.4) is 0 Å². The maximum atomic E-state index is 13.7. The van der Waals surface area contributed by atoms with Gasteiger partial charge in [0.05, 0.1) is 20.1 Å². The van der Waals surface area contributed by atoms with Crippen molar-refractivity contribution in [2.45, 2.75) is 12.5 Å². The summed E-state index contributed by atoms with van der Waals surface area (Å²) in [5, 5.41) is 0. The molecule has 1 aliphatic heterocycles. The van der Waals surface area contributed by atoms with Gasteiger partial charge in [-0.05, 0) is 48.0 Å². The van der Waals surface area contributed by atoms with Gasteiger partial charge >= 0.3 is 0 Å². The molecule has 0 N–H and O–H groups in total. The second kappa shape index (κ2) is 10.6. The van der Waals surface area contributed by atoms with Crippen LogP contribution in [0.1, 0.15) is 27.4 Å². The van der Waals surface area contributed by atoms with E-state index in [1.54, 1.807) is 37.1 Å². The molecule has 6 nitrogen and oxygen atoms in total. The zero-order chi connectivity index (χ0) is 24.9. The standard InChI is InChI=1S/C28H29FN2O4/c1-30(16-19-7-5-4-6-8-19)28(33)25-18-31(27(32)20-9-11-21(29)12-10-20)17-24(25)23-15-22(34-2)13-14-26(23)35-3/h4-15,24-25H,16-18H2,1-3H3. The topological polar surface area (TPSA) is 59.1 Å². The van der Waals surface area contributed by atoms with E-state index >= 15 is 0 Å². The quantitative estimate of drug-likeness (QED) is 0.509. The highest BCUT2D eigenvalue weighted by atomic mass is 19.1. The van der Waals surface area contributed by atoms with Crippen LogP contribution in [0, 0.1) is 11.7 Å². The number of hydrogen-bond acceptors (Lipinski definition) is 4. The Morgan fingerprint density at radius 2 is 1.69 bits per heavy atom. The highest BCUT2D eigenvalue weighted by Crippen LogP contribution is 2.40. The van der Waals surface area contributed by atoms with E-state index in [-0.39, 0.29) is 24.3 Å². The number of benzene rings is 3. The Labute approximate surface area is 204 Å². The summed E-state index contributed by atoms with van der Waals surface area (Å²) < 4.78 is 24.4. The summed E-state index contributed by atoms with van der Waals surface area (Å²) in [6, 6.07) is 20.7. The molecule has 0 saturated carbocycles. The summed E-state index contributed by atoms with van der Waals surface area (Å²) in [4.78, 5) is 30.3. The van der Waals surface area contributed by atoms with Crippen LogP contribution in [0.4, 0.5) is 4.39 Å². The fourth-order valence-electron chi connectivity index (χ4n) is 4.66. The fourth-order valence-corrected chi connectivity index (χ4v) is 4.66. The van der Waals surface area contributed by atoms with Gasteiger partial charge in [0.1, 0.15) is 17.3 Å². The molecule has 4 rings (SSSR count). The van der Waals surface area contributed by atoms with Gasteiger partial charge in [-0.15, -0.1) is 0 Å². The van der Waals surface area contributed by atoms with Crippen molar-refractivity contribution in [1.82, 2.24) is 9.80 Å². The SMILES string of the molecule is COc1ccc(OC)c(C2CN(C(=O)c3ccc(F)cc3)CC2C(=O)N(C)Cc2ccccc2)c1. The van der Waals surface area contributed by atoms with Crippen LogP contribution in [0.5, 0.6) is 11.5 Å². The molecule has 0 aromatic heterocycles. The molecule has 1 fully saturated rings. The van der Waals surface area contributed by atoms with Crippen molar-refractivity contribution in [2.24, 2.45) is 5.92 Å². The van der Waals surface area contributed by atoms with Crippen LogP contribution in [-0.2, 0) is 11.3 Å². The third-order valence-electron chi connectivity index (χ3n) is 6.49. The first kappa shape index (κ1) is 24.3. The molecule has 0 radical (unpaired) electrons. The first-order valence-electron chi connectivity index (χ1n) is 11.5. The molecule has 35 heavy (non-hydrogen) atoms. The Balaban J connectivity index is 1.66. The number of likely N-dealkylation sites (tertiary alicyclic amines) is 1. The lowest BCUT2D eigenvalue weighted by Gasteiger charge is -2.25. The van der Waals surface area contributed by atoms with Gasteiger partial charge in [0.2, 0.25) is 5.91 Å². The second-order valence-electron chi connectivity index (χ2n) is 8.72. The minimum absolute atomic E-state index is 0.0573. The van der Waals surface area contributed by atoms with Crippen molar-refractivity contribution in [3.05, 3.63) is 95.3 Å². The van der Waals surface area contributed by atoms with E-state index in [9.17, 15) is 14.0 Å². The average Bonchev–Trinajstić information content (AvgIpc) is 3.33. The summed E-state index contributed by atoms with van der Waals surface area (Å²) in [5.41, 5.74) is 2.22. The molecule has 7 heteroatoms. The summed E-state index contributed by atoms with van der Waals surface area (Å²) in [5.74, 6) is -0.193. The van der Waals surface area contributed by atoms with Crippen molar-refractivity contribution in [3.63, 3.8) is 0 Å². The molecule has 3 aromatic carbocycles. The number of carbonyl (C=O) groups excluding carboxylic acids is 2. The van der Waals surface area contributed by atoms with E-state index in [0.717, 1.165) is 11.1 Å². The Bertz CT molecular complexity index is 1180. The summed E-state index contributed by atoms with van der Waals surface area (Å²) >= 11 is 0. The second-order valence-corrected chi connectivity index (χ2v) is 8.72. The van der Waals surface area contributed by atoms with E-state index in [2.05, 4.69) is 0 Å². The number of carbonyl (C=O) groups is 2. The first-order valence-corrected chi connectivity index (χ1v) is 11.5. The van der Waals surface area contributed by atoms with E-state index in [1.165, 1.54) is 24.3 Å². The van der Waals surface area contributed by atoms with Crippen molar-refractivity contribution in [1.29, 1.82) is 0 Å². The van der Waals surface area contributed by atoms with Crippen LogP contribution >= 0.6 is 0 Å². The van der Waals surface area contributed by atoms with E-state index in [1.807, 2.05) is 42.5 Å². The normalized spacial score (nSPS) is 17.2. The average molecular weight is 477 g/mol. The Morgan fingerprint density at radius 1 is 0.971 bits per heavy atom. The van der Waals surface area contributed by atoms with Gasteiger partial charge < -0.3 is 19.3 Å². The van der Waals surface area contributed by atoms with Crippen LogP contribution < -0.4 is 9.47 Å². The predicted octanol–water partition coefficient (Wildman–Crippen LogP) is 4.36. The van der Waals surface area contributed by atoms with Crippen LogP contribution in [0.2, 0.25) is 0 Å². The number of methoxy groups -OCH3 is 2. The molecule has 1 saturated heterocycles. The molecule has 2 atom stereocenters. The van der Waals surface area contributed by atoms with Gasteiger partial charge in [-0.3, -0.25) is 9.59 Å². The third-order valence-corrected chi connectivity index (χ3v) is 6.49. The number of halogens is 1. The number of ether oxygens (including phenoxy) is 2. The molecule has 0 spiro atoms. The molecular formula is C28H29FN2O4. The monoisotopic (exact) mass is 476 g/mol. The summed E-state index contributed by atoms with van der Waals surface area (Å²) in [6.45, 7) is 1.04. The molecule has 182 valence electrons. The molecule has 1 heterocycles. The van der Waals surface area contributed by atoms with Crippen molar-refractivity contribution >= 4 is 11.8 Å². The van der Waals surface area contributed by atoms with E-state index in [4.69, 9.17) is 9.47 Å². The smallest absolute Gasteiger partial charge is 0.253 e. The van der Waals surface area contributed by atoms with Crippen LogP contribution in [0.15, 0.2) is 72.8 Å². The lowest BCUT2D eigenvalue weighted by Crippen LogP contribution is -2.36. The summed E-state index contributed by atoms with van der Waals surface area (Å²) in [7, 11) is 4.95. The van der Waals surface area contributed by atoms with Crippen LogP contribution in [0.25, 0.3) is 0 Å². The largest absolute Gasteiger partial charge is 0.497 e. The number of rotatable bonds is 7. The molecule has 3 aromatic rings. The van der Waals surface area contributed by atoms with Gasteiger partial charge in [-0.25, -0.2) is 4.39 Å². The fraction of sp³-hybridized carbons (Fsp3) is 0.286. The zero-order valence-electron chi connectivity index (χ0n) is 20.1. The number of nitrogens with zero attached hydrogens (tertiary/aromatic N) is 2.